The molecule has 130 valence electrons. The molecule has 3 N–H and O–H groups in total. The van der Waals surface area contributed by atoms with Gasteiger partial charge < -0.3 is 20.5 Å². The van der Waals surface area contributed by atoms with Crippen molar-refractivity contribution in [3.05, 3.63) is 35.9 Å². The third-order valence-corrected chi connectivity index (χ3v) is 2.58. The number of primary amides is 1. The van der Waals surface area contributed by atoms with Crippen LogP contribution in [0.15, 0.2) is 30.3 Å². The van der Waals surface area contributed by atoms with Crippen LogP contribution in [0.4, 0.5) is 4.79 Å². The quantitative estimate of drug-likeness (QED) is 0.613. The second-order valence-corrected chi connectivity index (χ2v) is 5.94. The van der Waals surface area contributed by atoms with Gasteiger partial charge in [0.15, 0.2) is 0 Å². The number of ether oxygens (including phenoxy) is 2. The Bertz CT molecular complexity index is 621. The van der Waals surface area contributed by atoms with Crippen molar-refractivity contribution in [3.8, 4) is 0 Å². The van der Waals surface area contributed by atoms with Gasteiger partial charge in [-0.25, -0.2) is 14.4 Å². The van der Waals surface area contributed by atoms with Crippen LogP contribution in [0.3, 0.4) is 0 Å². The maximum Gasteiger partial charge on any atom is 0.408 e. The van der Waals surface area contributed by atoms with Crippen LogP contribution in [0, 0.1) is 0 Å². The third kappa shape index (κ3) is 6.91. The van der Waals surface area contributed by atoms with Crippen LogP contribution in [0.5, 0.6) is 0 Å². The average molecular weight is 336 g/mol. The Labute approximate surface area is 139 Å². The molecule has 8 nitrogen and oxygen atoms in total. The first-order valence-corrected chi connectivity index (χ1v) is 7.17. The first-order chi connectivity index (χ1) is 11.1. The predicted octanol–water partition coefficient (Wildman–Crippen LogP) is 1.14. The number of amides is 2. The highest BCUT2D eigenvalue weighted by molar-refractivity contribution is 5.99. The van der Waals surface area contributed by atoms with Crippen molar-refractivity contribution >= 4 is 23.9 Å². The number of benzene rings is 1. The van der Waals surface area contributed by atoms with Gasteiger partial charge in [0.05, 0.1) is 12.0 Å². The largest absolute Gasteiger partial charge is 0.444 e. The Morgan fingerprint density at radius 1 is 1.12 bits per heavy atom. The van der Waals surface area contributed by atoms with Crippen LogP contribution in [-0.4, -0.2) is 35.6 Å². The molecule has 0 aliphatic heterocycles. The SMILES string of the molecule is CC(C)(C)OC(=O)N[C@@H](CC(N)=O)C(=O)OC(=O)c1ccccc1. The van der Waals surface area contributed by atoms with Crippen molar-refractivity contribution in [2.24, 2.45) is 5.73 Å². The van der Waals surface area contributed by atoms with E-state index in [0.717, 1.165) is 0 Å². The van der Waals surface area contributed by atoms with Gasteiger partial charge in [0, 0.05) is 0 Å². The molecule has 0 aliphatic carbocycles. The van der Waals surface area contributed by atoms with E-state index in [9.17, 15) is 19.2 Å². The number of carbonyl (C=O) groups excluding carboxylic acids is 4. The Balaban J connectivity index is 2.76. The molecular weight excluding hydrogens is 316 g/mol. The number of nitrogens with two attached hydrogens (primary N) is 1. The average Bonchev–Trinajstić information content (AvgIpc) is 2.44. The van der Waals surface area contributed by atoms with E-state index in [1.165, 1.54) is 12.1 Å². The van der Waals surface area contributed by atoms with Crippen LogP contribution in [0.2, 0.25) is 0 Å². The standard InChI is InChI=1S/C16H20N2O6/c1-16(2,3)24-15(22)18-11(9-12(17)19)14(21)23-13(20)10-7-5-4-6-8-10/h4-8,11H,9H2,1-3H3,(H2,17,19)(H,18,22)/t11-/m0/s1. The van der Waals surface area contributed by atoms with Crippen molar-refractivity contribution in [2.75, 3.05) is 0 Å². The fraction of sp³-hybridized carbons (Fsp3) is 0.375. The summed E-state index contributed by atoms with van der Waals surface area (Å²) in [6.45, 7) is 4.90. The lowest BCUT2D eigenvalue weighted by Crippen LogP contribution is -2.46. The molecule has 0 unspecified atom stereocenters. The zero-order valence-corrected chi connectivity index (χ0v) is 13.7. The van der Waals surface area contributed by atoms with Crippen molar-refractivity contribution < 1.29 is 28.7 Å². The first-order valence-electron chi connectivity index (χ1n) is 7.17. The van der Waals surface area contributed by atoms with Gasteiger partial charge in [-0.15, -0.1) is 0 Å². The summed E-state index contributed by atoms with van der Waals surface area (Å²) in [5.74, 6) is -2.85. The minimum absolute atomic E-state index is 0.154. The second kappa shape index (κ2) is 8.09. The Morgan fingerprint density at radius 3 is 2.21 bits per heavy atom. The highest BCUT2D eigenvalue weighted by Gasteiger charge is 2.29. The van der Waals surface area contributed by atoms with Gasteiger partial charge in [0.2, 0.25) is 5.91 Å². The Morgan fingerprint density at radius 2 is 1.71 bits per heavy atom. The summed E-state index contributed by atoms with van der Waals surface area (Å²) in [5, 5.41) is 2.17. The molecule has 0 heterocycles. The molecule has 0 fully saturated rings. The summed E-state index contributed by atoms with van der Waals surface area (Å²) in [6.07, 6.45) is -1.46. The minimum Gasteiger partial charge on any atom is -0.444 e. The third-order valence-electron chi connectivity index (χ3n) is 2.58. The van der Waals surface area contributed by atoms with Gasteiger partial charge in [-0.05, 0) is 32.9 Å². The van der Waals surface area contributed by atoms with E-state index in [-0.39, 0.29) is 5.56 Å². The molecule has 24 heavy (non-hydrogen) atoms. The number of rotatable bonds is 5. The summed E-state index contributed by atoms with van der Waals surface area (Å²) < 4.78 is 9.67. The van der Waals surface area contributed by atoms with Crippen molar-refractivity contribution in [3.63, 3.8) is 0 Å². The van der Waals surface area contributed by atoms with Crippen molar-refractivity contribution in [2.45, 2.75) is 38.8 Å². The number of alkyl carbamates (subject to hydrolysis) is 1. The summed E-state index contributed by atoms with van der Waals surface area (Å²) in [7, 11) is 0. The molecule has 0 aliphatic rings. The molecule has 1 rings (SSSR count). The highest BCUT2D eigenvalue weighted by atomic mass is 16.6. The van der Waals surface area contributed by atoms with E-state index in [1.807, 2.05) is 0 Å². The maximum absolute atomic E-state index is 12.0. The van der Waals surface area contributed by atoms with Gasteiger partial charge >= 0.3 is 18.0 Å². The van der Waals surface area contributed by atoms with Crippen molar-refractivity contribution in [1.29, 1.82) is 0 Å². The molecule has 1 atom stereocenters. The zero-order chi connectivity index (χ0) is 18.3. The monoisotopic (exact) mass is 336 g/mol. The zero-order valence-electron chi connectivity index (χ0n) is 13.7. The van der Waals surface area contributed by atoms with E-state index in [1.54, 1.807) is 39.0 Å². The van der Waals surface area contributed by atoms with Crippen LogP contribution in [0.1, 0.15) is 37.6 Å². The van der Waals surface area contributed by atoms with Gasteiger partial charge in [-0.3, -0.25) is 4.79 Å². The normalized spacial score (nSPS) is 12.0. The number of hydrogen-bond donors (Lipinski definition) is 2. The van der Waals surface area contributed by atoms with Gasteiger partial charge in [0.1, 0.15) is 11.6 Å². The fourth-order valence-electron chi connectivity index (χ4n) is 1.64. The molecule has 8 heteroatoms. The molecule has 1 aromatic rings. The molecule has 0 saturated carbocycles. The maximum atomic E-state index is 12.0. The van der Waals surface area contributed by atoms with E-state index < -0.39 is 42.0 Å². The fourth-order valence-corrected chi connectivity index (χ4v) is 1.64. The number of nitrogens with one attached hydrogen (secondary N) is 1. The predicted molar refractivity (Wildman–Crippen MR) is 83.8 cm³/mol. The van der Waals surface area contributed by atoms with Crippen LogP contribution in [0.25, 0.3) is 0 Å². The summed E-state index contributed by atoms with van der Waals surface area (Å²) in [5.41, 5.74) is 4.41. The lowest BCUT2D eigenvalue weighted by molar-refractivity contribution is -0.142. The molecule has 2 amide bonds. The van der Waals surface area contributed by atoms with Crippen molar-refractivity contribution in [1.82, 2.24) is 5.32 Å². The molecule has 0 spiro atoms. The summed E-state index contributed by atoms with van der Waals surface area (Å²) in [6, 6.07) is 6.38. The van der Waals surface area contributed by atoms with E-state index in [4.69, 9.17) is 10.5 Å². The Kier molecular flexibility index (Phi) is 6.46. The molecular formula is C16H20N2O6. The van der Waals surface area contributed by atoms with Gasteiger partial charge in [0.25, 0.3) is 0 Å². The van der Waals surface area contributed by atoms with Gasteiger partial charge in [-0.1, -0.05) is 18.2 Å². The topological polar surface area (TPSA) is 125 Å². The smallest absolute Gasteiger partial charge is 0.408 e. The second-order valence-electron chi connectivity index (χ2n) is 5.94. The molecule has 0 bridgehead atoms. The summed E-state index contributed by atoms with van der Waals surface area (Å²) in [4.78, 5) is 46.7. The van der Waals surface area contributed by atoms with E-state index in [2.05, 4.69) is 10.1 Å². The van der Waals surface area contributed by atoms with E-state index >= 15 is 0 Å². The van der Waals surface area contributed by atoms with Crippen LogP contribution < -0.4 is 11.1 Å². The molecule has 1 aromatic carbocycles. The lowest BCUT2D eigenvalue weighted by atomic mass is 10.2. The molecule has 0 aromatic heterocycles. The first kappa shape index (κ1) is 19.1. The van der Waals surface area contributed by atoms with Gasteiger partial charge in [-0.2, -0.15) is 0 Å². The van der Waals surface area contributed by atoms with Crippen LogP contribution >= 0.6 is 0 Å². The number of hydrogen-bond acceptors (Lipinski definition) is 6. The minimum atomic E-state index is -1.43. The highest BCUT2D eigenvalue weighted by Crippen LogP contribution is 2.08. The molecule has 0 saturated heterocycles. The number of carbonyl (C=O) groups is 4. The number of esters is 2. The lowest BCUT2D eigenvalue weighted by Gasteiger charge is -2.22. The van der Waals surface area contributed by atoms with Crippen LogP contribution in [-0.2, 0) is 19.1 Å². The summed E-state index contributed by atoms with van der Waals surface area (Å²) >= 11 is 0. The van der Waals surface area contributed by atoms with E-state index in [0.29, 0.717) is 0 Å². The Hall–Kier alpha value is -2.90. The molecule has 0 radical (unpaired) electrons.